The Labute approximate surface area is 165 Å². The lowest BCUT2D eigenvalue weighted by Crippen LogP contribution is -2.35. The maximum atomic E-state index is 13.2. The van der Waals surface area contributed by atoms with Gasteiger partial charge in [0.05, 0.1) is 5.57 Å². The van der Waals surface area contributed by atoms with E-state index in [1.165, 1.54) is 6.42 Å². The molecule has 4 rings (SSSR count). The highest BCUT2D eigenvalue weighted by molar-refractivity contribution is 6.03. The van der Waals surface area contributed by atoms with Crippen molar-refractivity contribution < 1.29 is 19.4 Å². The second-order valence-corrected chi connectivity index (χ2v) is 8.02. The summed E-state index contributed by atoms with van der Waals surface area (Å²) >= 11 is 0. The van der Waals surface area contributed by atoms with Crippen LogP contribution in [0.5, 0.6) is 5.75 Å². The van der Waals surface area contributed by atoms with Crippen LogP contribution in [0.3, 0.4) is 0 Å². The number of aromatic hydroxyl groups is 1. The van der Waals surface area contributed by atoms with E-state index in [-0.39, 0.29) is 23.6 Å². The molecule has 1 heterocycles. The minimum atomic E-state index is -0.444. The molecular weight excluding hydrogens is 354 g/mol. The largest absolute Gasteiger partial charge is 0.508 e. The maximum Gasteiger partial charge on any atom is 0.337 e. The first-order valence-corrected chi connectivity index (χ1v) is 10.3. The monoisotopic (exact) mass is 381 g/mol. The first kappa shape index (κ1) is 18.8. The third-order valence-corrected chi connectivity index (χ3v) is 6.05. The number of allylic oxidation sites excluding steroid dienone is 3. The Morgan fingerprint density at radius 1 is 1.07 bits per heavy atom. The zero-order valence-corrected chi connectivity index (χ0v) is 16.3. The molecule has 0 bridgehead atoms. The lowest BCUT2D eigenvalue weighted by molar-refractivity contribution is -0.146. The van der Waals surface area contributed by atoms with Crippen molar-refractivity contribution >= 4 is 11.8 Å². The maximum absolute atomic E-state index is 13.2. The molecule has 1 aromatic rings. The molecule has 1 atom stereocenters. The van der Waals surface area contributed by atoms with Crippen molar-refractivity contribution in [1.82, 2.24) is 5.32 Å². The SMILES string of the molecule is CC1=C(C(=O)OC2CCCCC2)[C@H](c2ccc(O)cc2)C2=C(CCCC2=O)N1. The molecule has 0 amide bonds. The Hall–Kier alpha value is -2.56. The highest BCUT2D eigenvalue weighted by Crippen LogP contribution is 2.43. The van der Waals surface area contributed by atoms with Gasteiger partial charge in [0, 0.05) is 29.3 Å². The molecule has 0 unspecified atom stereocenters. The fourth-order valence-electron chi connectivity index (χ4n) is 4.65. The van der Waals surface area contributed by atoms with Gasteiger partial charge < -0.3 is 15.2 Å². The van der Waals surface area contributed by atoms with Crippen LogP contribution in [0, 0.1) is 0 Å². The number of hydrogen-bond acceptors (Lipinski definition) is 5. The highest BCUT2D eigenvalue weighted by Gasteiger charge is 2.39. The van der Waals surface area contributed by atoms with E-state index in [9.17, 15) is 14.7 Å². The summed E-state index contributed by atoms with van der Waals surface area (Å²) in [7, 11) is 0. The predicted molar refractivity (Wildman–Crippen MR) is 106 cm³/mol. The molecule has 1 saturated carbocycles. The Bertz CT molecular complexity index is 844. The molecule has 0 saturated heterocycles. The zero-order chi connectivity index (χ0) is 19.7. The van der Waals surface area contributed by atoms with Crippen molar-refractivity contribution in [2.75, 3.05) is 0 Å². The minimum absolute atomic E-state index is 0.0422. The smallest absolute Gasteiger partial charge is 0.337 e. The van der Waals surface area contributed by atoms with E-state index in [1.807, 2.05) is 6.92 Å². The summed E-state index contributed by atoms with van der Waals surface area (Å²) in [6, 6.07) is 6.78. The molecular formula is C23H27NO4. The van der Waals surface area contributed by atoms with E-state index in [4.69, 9.17) is 4.74 Å². The number of carbonyl (C=O) groups excluding carboxylic acids is 2. The normalized spacial score (nSPS) is 23.3. The first-order valence-electron chi connectivity index (χ1n) is 10.3. The Morgan fingerprint density at radius 3 is 2.50 bits per heavy atom. The molecule has 5 heteroatoms. The number of rotatable bonds is 3. The van der Waals surface area contributed by atoms with Crippen molar-refractivity contribution in [3.8, 4) is 5.75 Å². The van der Waals surface area contributed by atoms with Gasteiger partial charge in [0.2, 0.25) is 0 Å². The van der Waals surface area contributed by atoms with Crippen LogP contribution in [0.25, 0.3) is 0 Å². The average molecular weight is 381 g/mol. The quantitative estimate of drug-likeness (QED) is 0.766. The molecule has 0 aromatic heterocycles. The molecule has 28 heavy (non-hydrogen) atoms. The first-order chi connectivity index (χ1) is 13.5. The van der Waals surface area contributed by atoms with E-state index in [0.29, 0.717) is 17.6 Å². The fraction of sp³-hybridized carbons (Fsp3) is 0.478. The number of phenols is 1. The summed E-state index contributed by atoms with van der Waals surface area (Å²) in [5.41, 5.74) is 3.70. The van der Waals surface area contributed by atoms with Crippen LogP contribution in [0.15, 0.2) is 46.8 Å². The highest BCUT2D eigenvalue weighted by atomic mass is 16.5. The number of Topliss-reactive ketones (excluding diaryl/α,β-unsaturated/α-hetero) is 1. The lowest BCUT2D eigenvalue weighted by Gasteiger charge is -2.35. The molecule has 0 spiro atoms. The summed E-state index contributed by atoms with van der Waals surface area (Å²) in [5, 5.41) is 13.0. The Balaban J connectivity index is 1.72. The molecule has 3 aliphatic rings. The van der Waals surface area contributed by atoms with Gasteiger partial charge in [-0.05, 0) is 63.1 Å². The van der Waals surface area contributed by atoms with Crippen molar-refractivity contribution in [1.29, 1.82) is 0 Å². The summed E-state index contributed by atoms with van der Waals surface area (Å²) in [6.45, 7) is 1.88. The predicted octanol–water partition coefficient (Wildman–Crippen LogP) is 4.24. The number of ether oxygens (including phenoxy) is 1. The molecule has 1 aliphatic heterocycles. The molecule has 1 fully saturated rings. The topological polar surface area (TPSA) is 75.6 Å². The van der Waals surface area contributed by atoms with Crippen LogP contribution in [-0.4, -0.2) is 23.0 Å². The number of dihydropyridines is 1. The summed E-state index contributed by atoms with van der Waals surface area (Å²) in [5.74, 6) is -0.531. The van der Waals surface area contributed by atoms with Gasteiger partial charge in [0.25, 0.3) is 0 Å². The number of carbonyl (C=O) groups is 2. The van der Waals surface area contributed by atoms with Crippen LogP contribution in [-0.2, 0) is 14.3 Å². The average Bonchev–Trinajstić information content (AvgIpc) is 2.68. The minimum Gasteiger partial charge on any atom is -0.508 e. The van der Waals surface area contributed by atoms with E-state index in [1.54, 1.807) is 24.3 Å². The Kier molecular flexibility index (Phi) is 5.25. The van der Waals surface area contributed by atoms with Gasteiger partial charge in [-0.1, -0.05) is 18.6 Å². The molecule has 2 N–H and O–H groups in total. The van der Waals surface area contributed by atoms with Crippen molar-refractivity contribution in [2.45, 2.75) is 70.3 Å². The standard InChI is InChI=1S/C23H27NO4/c1-14-20(23(27)28-17-6-3-2-4-7-17)21(15-10-12-16(25)13-11-15)22-18(24-14)8-5-9-19(22)26/h10-13,17,21,24-25H,2-9H2,1H3/t21-/m0/s1. The van der Waals surface area contributed by atoms with Gasteiger partial charge in [-0.25, -0.2) is 4.79 Å². The van der Waals surface area contributed by atoms with Crippen molar-refractivity contribution in [3.05, 3.63) is 52.4 Å². The number of phenolic OH excluding ortho intramolecular Hbond substituents is 1. The molecule has 0 radical (unpaired) electrons. The molecule has 148 valence electrons. The van der Waals surface area contributed by atoms with Crippen LogP contribution in [0.2, 0.25) is 0 Å². The van der Waals surface area contributed by atoms with Crippen LogP contribution in [0.1, 0.15) is 69.8 Å². The van der Waals surface area contributed by atoms with Crippen LogP contribution in [0.4, 0.5) is 0 Å². The van der Waals surface area contributed by atoms with E-state index >= 15 is 0 Å². The number of benzene rings is 1. The van der Waals surface area contributed by atoms with Gasteiger partial charge in [-0.2, -0.15) is 0 Å². The number of ketones is 1. The molecule has 2 aliphatic carbocycles. The molecule has 5 nitrogen and oxygen atoms in total. The van der Waals surface area contributed by atoms with Gasteiger partial charge in [0.1, 0.15) is 11.9 Å². The van der Waals surface area contributed by atoms with Gasteiger partial charge in [-0.3, -0.25) is 4.79 Å². The number of nitrogens with one attached hydrogen (secondary N) is 1. The number of hydrogen-bond donors (Lipinski definition) is 2. The third-order valence-electron chi connectivity index (χ3n) is 6.05. The van der Waals surface area contributed by atoms with Crippen LogP contribution >= 0.6 is 0 Å². The summed E-state index contributed by atoms with van der Waals surface area (Å²) < 4.78 is 5.87. The van der Waals surface area contributed by atoms with Gasteiger partial charge in [0.15, 0.2) is 5.78 Å². The van der Waals surface area contributed by atoms with Gasteiger partial charge in [-0.15, -0.1) is 0 Å². The van der Waals surface area contributed by atoms with Crippen molar-refractivity contribution in [2.24, 2.45) is 0 Å². The van der Waals surface area contributed by atoms with E-state index in [0.717, 1.165) is 55.5 Å². The van der Waals surface area contributed by atoms with E-state index in [2.05, 4.69) is 5.32 Å². The number of esters is 1. The second-order valence-electron chi connectivity index (χ2n) is 8.02. The van der Waals surface area contributed by atoms with Crippen molar-refractivity contribution in [3.63, 3.8) is 0 Å². The fourth-order valence-corrected chi connectivity index (χ4v) is 4.65. The Morgan fingerprint density at radius 2 is 1.79 bits per heavy atom. The van der Waals surface area contributed by atoms with Gasteiger partial charge >= 0.3 is 5.97 Å². The summed E-state index contributed by atoms with van der Waals surface area (Å²) in [6.07, 6.45) is 7.26. The van der Waals surface area contributed by atoms with Crippen LogP contribution < -0.4 is 5.32 Å². The van der Waals surface area contributed by atoms with E-state index < -0.39 is 5.92 Å². The summed E-state index contributed by atoms with van der Waals surface area (Å²) in [4.78, 5) is 26.0. The second kappa shape index (κ2) is 7.82. The zero-order valence-electron chi connectivity index (χ0n) is 16.3. The molecule has 1 aromatic carbocycles. The third kappa shape index (κ3) is 3.58. The lowest BCUT2D eigenvalue weighted by atomic mass is 9.75.